The molecular formula is C12H7ClF3NO. The van der Waals surface area contributed by atoms with Gasteiger partial charge in [0.15, 0.2) is 0 Å². The molecule has 1 aromatic carbocycles. The third-order valence-corrected chi connectivity index (χ3v) is 2.60. The summed E-state index contributed by atoms with van der Waals surface area (Å²) in [6.45, 7) is 0. The summed E-state index contributed by atoms with van der Waals surface area (Å²) in [5, 5.41) is 1.22. The van der Waals surface area contributed by atoms with Crippen LogP contribution in [0.5, 0.6) is 0 Å². The van der Waals surface area contributed by atoms with Crippen LogP contribution < -0.4 is 0 Å². The van der Waals surface area contributed by atoms with Gasteiger partial charge in [0.25, 0.3) is 5.78 Å². The van der Waals surface area contributed by atoms with Crippen LogP contribution in [0.15, 0.2) is 30.5 Å². The molecule has 6 heteroatoms. The number of fused-ring (bicyclic) bond motifs is 1. The molecular weight excluding hydrogens is 267 g/mol. The SMILES string of the molecule is O=C(/C=C/c1c[nH]c2cc(Cl)ccc12)C(F)(F)F. The van der Waals surface area contributed by atoms with Gasteiger partial charge in [-0.3, -0.25) is 4.79 Å². The lowest BCUT2D eigenvalue weighted by atomic mass is 10.1. The van der Waals surface area contributed by atoms with Crippen molar-refractivity contribution in [1.29, 1.82) is 0 Å². The Hall–Kier alpha value is -1.75. The van der Waals surface area contributed by atoms with Crippen LogP contribution in [-0.2, 0) is 4.79 Å². The van der Waals surface area contributed by atoms with E-state index < -0.39 is 12.0 Å². The molecule has 1 heterocycles. The highest BCUT2D eigenvalue weighted by Crippen LogP contribution is 2.24. The van der Waals surface area contributed by atoms with Crippen molar-refractivity contribution in [1.82, 2.24) is 4.98 Å². The number of hydrogen-bond donors (Lipinski definition) is 1. The molecule has 1 aromatic heterocycles. The summed E-state index contributed by atoms with van der Waals surface area (Å²) in [5.74, 6) is -1.88. The van der Waals surface area contributed by atoms with Gasteiger partial charge in [0.2, 0.25) is 0 Å². The minimum atomic E-state index is -4.84. The summed E-state index contributed by atoms with van der Waals surface area (Å²) < 4.78 is 36.1. The molecule has 0 amide bonds. The van der Waals surface area contributed by atoms with E-state index in [1.807, 2.05) is 0 Å². The topological polar surface area (TPSA) is 32.9 Å². The van der Waals surface area contributed by atoms with Crippen LogP contribution in [0, 0.1) is 0 Å². The summed E-state index contributed by atoms with van der Waals surface area (Å²) >= 11 is 5.77. The molecule has 0 aliphatic heterocycles. The summed E-state index contributed by atoms with van der Waals surface area (Å²) in [6.07, 6.45) is -1.69. The molecule has 2 nitrogen and oxygen atoms in total. The van der Waals surface area contributed by atoms with Crippen LogP contribution in [0.25, 0.3) is 17.0 Å². The third kappa shape index (κ3) is 2.56. The molecule has 0 saturated carbocycles. The average Bonchev–Trinajstić information content (AvgIpc) is 2.66. The normalized spacial score (nSPS) is 12.4. The smallest absolute Gasteiger partial charge is 0.361 e. The van der Waals surface area contributed by atoms with Gasteiger partial charge in [-0.25, -0.2) is 0 Å². The first-order chi connectivity index (χ1) is 8.38. The predicted octanol–water partition coefficient (Wildman–Crippen LogP) is 3.97. The Balaban J connectivity index is 2.33. The van der Waals surface area contributed by atoms with Crippen molar-refractivity contribution in [3.8, 4) is 0 Å². The number of hydrogen-bond acceptors (Lipinski definition) is 1. The Bertz CT molecular complexity index is 628. The third-order valence-electron chi connectivity index (χ3n) is 2.37. The van der Waals surface area contributed by atoms with Gasteiger partial charge < -0.3 is 4.98 Å². The summed E-state index contributed by atoms with van der Waals surface area (Å²) in [6, 6.07) is 4.95. The number of H-pyrrole nitrogens is 1. The summed E-state index contributed by atoms with van der Waals surface area (Å²) in [4.78, 5) is 13.6. The van der Waals surface area contributed by atoms with E-state index in [0.717, 1.165) is 6.08 Å². The van der Waals surface area contributed by atoms with Crippen molar-refractivity contribution in [3.63, 3.8) is 0 Å². The molecule has 94 valence electrons. The molecule has 0 fully saturated rings. The zero-order valence-electron chi connectivity index (χ0n) is 8.88. The number of benzene rings is 1. The van der Waals surface area contributed by atoms with E-state index in [9.17, 15) is 18.0 Å². The number of halogens is 4. The largest absolute Gasteiger partial charge is 0.454 e. The predicted molar refractivity (Wildman–Crippen MR) is 63.4 cm³/mol. The zero-order valence-corrected chi connectivity index (χ0v) is 9.64. The second kappa shape index (κ2) is 4.49. The van der Waals surface area contributed by atoms with Crippen LogP contribution in [0.4, 0.5) is 13.2 Å². The Kier molecular flexibility index (Phi) is 3.17. The molecule has 0 radical (unpaired) electrons. The Morgan fingerprint density at radius 2 is 2.06 bits per heavy atom. The quantitative estimate of drug-likeness (QED) is 0.825. The van der Waals surface area contributed by atoms with Crippen LogP contribution in [0.3, 0.4) is 0 Å². The van der Waals surface area contributed by atoms with Crippen molar-refractivity contribution < 1.29 is 18.0 Å². The van der Waals surface area contributed by atoms with Crippen molar-refractivity contribution in [3.05, 3.63) is 41.1 Å². The maximum absolute atomic E-state index is 12.0. The second-order valence-corrected chi connectivity index (χ2v) is 4.07. The van der Waals surface area contributed by atoms with Crippen LogP contribution in [0.1, 0.15) is 5.56 Å². The molecule has 0 saturated heterocycles. The van der Waals surface area contributed by atoms with E-state index in [1.54, 1.807) is 18.2 Å². The number of nitrogens with one attached hydrogen (secondary N) is 1. The van der Waals surface area contributed by atoms with Gasteiger partial charge in [-0.15, -0.1) is 0 Å². The summed E-state index contributed by atoms with van der Waals surface area (Å²) in [7, 11) is 0. The lowest BCUT2D eigenvalue weighted by molar-refractivity contribution is -0.165. The van der Waals surface area contributed by atoms with Crippen molar-refractivity contribution in [2.75, 3.05) is 0 Å². The number of allylic oxidation sites excluding steroid dienone is 1. The number of rotatable bonds is 2. The highest BCUT2D eigenvalue weighted by atomic mass is 35.5. The van der Waals surface area contributed by atoms with E-state index in [2.05, 4.69) is 4.98 Å². The molecule has 1 N–H and O–H groups in total. The number of aromatic nitrogens is 1. The van der Waals surface area contributed by atoms with Crippen molar-refractivity contribution >= 4 is 34.4 Å². The van der Waals surface area contributed by atoms with Gasteiger partial charge in [-0.2, -0.15) is 13.2 Å². The van der Waals surface area contributed by atoms with Gasteiger partial charge in [-0.05, 0) is 29.8 Å². The van der Waals surface area contributed by atoms with Gasteiger partial charge in [-0.1, -0.05) is 17.7 Å². The molecule has 2 aromatic rings. The number of aromatic amines is 1. The lowest BCUT2D eigenvalue weighted by Crippen LogP contribution is -2.19. The van der Waals surface area contributed by atoms with E-state index >= 15 is 0 Å². The molecule has 0 aliphatic carbocycles. The number of ketones is 1. The van der Waals surface area contributed by atoms with E-state index in [-0.39, 0.29) is 0 Å². The van der Waals surface area contributed by atoms with E-state index in [0.29, 0.717) is 27.6 Å². The zero-order chi connectivity index (χ0) is 13.3. The fourth-order valence-corrected chi connectivity index (χ4v) is 1.69. The highest BCUT2D eigenvalue weighted by molar-refractivity contribution is 6.31. The van der Waals surface area contributed by atoms with Crippen LogP contribution in [0.2, 0.25) is 5.02 Å². The fraction of sp³-hybridized carbons (Fsp3) is 0.0833. The molecule has 0 bridgehead atoms. The number of alkyl halides is 3. The second-order valence-electron chi connectivity index (χ2n) is 3.63. The van der Waals surface area contributed by atoms with Gasteiger partial charge in [0.05, 0.1) is 0 Å². The monoisotopic (exact) mass is 273 g/mol. The molecule has 18 heavy (non-hydrogen) atoms. The summed E-state index contributed by atoms with van der Waals surface area (Å²) in [5.41, 5.74) is 1.20. The van der Waals surface area contributed by atoms with Crippen molar-refractivity contribution in [2.24, 2.45) is 0 Å². The molecule has 0 spiro atoms. The molecule has 0 atom stereocenters. The minimum absolute atomic E-state index is 0.499. The molecule has 0 unspecified atom stereocenters. The van der Waals surface area contributed by atoms with Gasteiger partial charge >= 0.3 is 6.18 Å². The lowest BCUT2D eigenvalue weighted by Gasteiger charge is -1.99. The Labute approximate surface area is 105 Å². The first-order valence-electron chi connectivity index (χ1n) is 4.94. The maximum atomic E-state index is 12.0. The fourth-order valence-electron chi connectivity index (χ4n) is 1.52. The van der Waals surface area contributed by atoms with Gasteiger partial charge in [0, 0.05) is 22.1 Å². The van der Waals surface area contributed by atoms with Gasteiger partial charge in [0.1, 0.15) is 0 Å². The van der Waals surface area contributed by atoms with E-state index in [1.165, 1.54) is 6.20 Å². The minimum Gasteiger partial charge on any atom is -0.361 e. The highest BCUT2D eigenvalue weighted by Gasteiger charge is 2.35. The Morgan fingerprint density at radius 3 is 2.72 bits per heavy atom. The standard InChI is InChI=1S/C12H7ClF3NO/c13-8-2-3-9-7(6-17-10(9)5-8)1-4-11(18)12(14,15)16/h1-6,17H/b4-1+. The first-order valence-corrected chi connectivity index (χ1v) is 5.31. The number of carbonyl (C=O) groups is 1. The molecule has 0 aliphatic rings. The van der Waals surface area contributed by atoms with Crippen molar-refractivity contribution in [2.45, 2.75) is 6.18 Å². The first kappa shape index (κ1) is 12.7. The molecule has 2 rings (SSSR count). The number of carbonyl (C=O) groups excluding carboxylic acids is 1. The van der Waals surface area contributed by atoms with E-state index in [4.69, 9.17) is 11.6 Å². The van der Waals surface area contributed by atoms with Crippen LogP contribution >= 0.6 is 11.6 Å². The Morgan fingerprint density at radius 1 is 1.33 bits per heavy atom. The average molecular weight is 274 g/mol. The maximum Gasteiger partial charge on any atom is 0.454 e. The van der Waals surface area contributed by atoms with Crippen LogP contribution in [-0.4, -0.2) is 16.9 Å².